The van der Waals surface area contributed by atoms with E-state index >= 15 is 0 Å². The molecule has 0 aliphatic heterocycles. The van der Waals surface area contributed by atoms with Crippen molar-refractivity contribution >= 4 is 5.57 Å². The molecule has 1 atom stereocenters. The second-order valence-electron chi connectivity index (χ2n) is 3.56. The molecule has 1 aliphatic carbocycles. The lowest BCUT2D eigenvalue weighted by molar-refractivity contribution is 0.660. The van der Waals surface area contributed by atoms with E-state index in [0.717, 1.165) is 6.42 Å². The lowest BCUT2D eigenvalue weighted by Gasteiger charge is -2.20. The van der Waals surface area contributed by atoms with Crippen LogP contribution in [0, 0.1) is 0 Å². The SMILES string of the molecule is NC1CCCC=C1c1ccccc1. The highest BCUT2D eigenvalue weighted by atomic mass is 14.6. The first kappa shape index (κ1) is 8.52. The van der Waals surface area contributed by atoms with Crippen LogP contribution in [0.1, 0.15) is 24.8 Å². The van der Waals surface area contributed by atoms with Crippen LogP contribution in [0.5, 0.6) is 0 Å². The molecule has 68 valence electrons. The van der Waals surface area contributed by atoms with Crippen LogP contribution in [-0.2, 0) is 0 Å². The minimum absolute atomic E-state index is 0.246. The normalized spacial score (nSPS) is 22.5. The van der Waals surface area contributed by atoms with Gasteiger partial charge in [-0.25, -0.2) is 0 Å². The number of allylic oxidation sites excluding steroid dienone is 1. The topological polar surface area (TPSA) is 26.0 Å². The fourth-order valence-electron chi connectivity index (χ4n) is 1.86. The van der Waals surface area contributed by atoms with Crippen molar-refractivity contribution in [3.8, 4) is 0 Å². The standard InChI is InChI=1S/C12H15N/c13-12-9-5-4-8-11(12)10-6-2-1-3-7-10/h1-3,6-8,12H,4-5,9,13H2. The van der Waals surface area contributed by atoms with Gasteiger partial charge in [-0.3, -0.25) is 0 Å². The first-order valence-electron chi connectivity index (χ1n) is 4.89. The van der Waals surface area contributed by atoms with Crippen molar-refractivity contribution in [2.45, 2.75) is 25.3 Å². The molecule has 0 saturated heterocycles. The van der Waals surface area contributed by atoms with Gasteiger partial charge in [0.15, 0.2) is 0 Å². The summed E-state index contributed by atoms with van der Waals surface area (Å²) < 4.78 is 0. The highest BCUT2D eigenvalue weighted by molar-refractivity contribution is 5.69. The highest BCUT2D eigenvalue weighted by Crippen LogP contribution is 2.25. The first-order valence-corrected chi connectivity index (χ1v) is 4.89. The minimum atomic E-state index is 0.246. The third-order valence-electron chi connectivity index (χ3n) is 2.59. The lowest BCUT2D eigenvalue weighted by Crippen LogP contribution is -2.23. The summed E-state index contributed by atoms with van der Waals surface area (Å²) in [6.45, 7) is 0. The minimum Gasteiger partial charge on any atom is -0.324 e. The molecule has 1 aromatic carbocycles. The Balaban J connectivity index is 2.30. The summed E-state index contributed by atoms with van der Waals surface area (Å²) in [5.74, 6) is 0. The molecule has 1 heteroatoms. The molecule has 2 N–H and O–H groups in total. The average molecular weight is 173 g/mol. The third kappa shape index (κ3) is 1.81. The molecule has 0 amide bonds. The zero-order valence-electron chi connectivity index (χ0n) is 7.74. The molecule has 1 unspecified atom stereocenters. The Morgan fingerprint density at radius 1 is 1.15 bits per heavy atom. The number of hydrogen-bond acceptors (Lipinski definition) is 1. The molecule has 0 fully saturated rings. The summed E-state index contributed by atoms with van der Waals surface area (Å²) >= 11 is 0. The van der Waals surface area contributed by atoms with Gasteiger partial charge in [-0.1, -0.05) is 36.4 Å². The van der Waals surface area contributed by atoms with Gasteiger partial charge < -0.3 is 5.73 Å². The number of benzene rings is 1. The van der Waals surface area contributed by atoms with Crippen molar-refractivity contribution in [3.05, 3.63) is 42.0 Å². The van der Waals surface area contributed by atoms with E-state index in [1.807, 2.05) is 6.07 Å². The van der Waals surface area contributed by atoms with Crippen LogP contribution in [0.15, 0.2) is 36.4 Å². The molecule has 0 heterocycles. The summed E-state index contributed by atoms with van der Waals surface area (Å²) in [7, 11) is 0. The van der Waals surface area contributed by atoms with E-state index in [2.05, 4.69) is 30.3 Å². The Labute approximate surface area is 79.3 Å². The third-order valence-corrected chi connectivity index (χ3v) is 2.59. The maximum atomic E-state index is 6.04. The van der Waals surface area contributed by atoms with Gasteiger partial charge in [0.05, 0.1) is 0 Å². The van der Waals surface area contributed by atoms with E-state index in [4.69, 9.17) is 5.73 Å². The Morgan fingerprint density at radius 2 is 1.92 bits per heavy atom. The van der Waals surface area contributed by atoms with Crippen molar-refractivity contribution in [1.82, 2.24) is 0 Å². The Morgan fingerprint density at radius 3 is 2.62 bits per heavy atom. The van der Waals surface area contributed by atoms with Crippen LogP contribution < -0.4 is 5.73 Å². The van der Waals surface area contributed by atoms with Gasteiger partial charge >= 0.3 is 0 Å². The van der Waals surface area contributed by atoms with Gasteiger partial charge in [0.2, 0.25) is 0 Å². The van der Waals surface area contributed by atoms with Crippen molar-refractivity contribution in [1.29, 1.82) is 0 Å². The van der Waals surface area contributed by atoms with Gasteiger partial charge in [-0.15, -0.1) is 0 Å². The number of rotatable bonds is 1. The van der Waals surface area contributed by atoms with E-state index in [1.165, 1.54) is 24.0 Å². The molecular weight excluding hydrogens is 158 g/mol. The molecular formula is C12H15N. The fourth-order valence-corrected chi connectivity index (χ4v) is 1.86. The number of nitrogens with two attached hydrogens (primary N) is 1. The van der Waals surface area contributed by atoms with Crippen LogP contribution >= 0.6 is 0 Å². The summed E-state index contributed by atoms with van der Waals surface area (Å²) in [4.78, 5) is 0. The predicted molar refractivity (Wildman–Crippen MR) is 56.2 cm³/mol. The summed E-state index contributed by atoms with van der Waals surface area (Å²) in [5.41, 5.74) is 8.66. The molecule has 1 aliphatic rings. The zero-order chi connectivity index (χ0) is 9.10. The Bertz CT molecular complexity index is 300. The second-order valence-corrected chi connectivity index (χ2v) is 3.56. The summed E-state index contributed by atoms with van der Waals surface area (Å²) in [5, 5.41) is 0. The summed E-state index contributed by atoms with van der Waals surface area (Å²) in [6.07, 6.45) is 5.82. The molecule has 0 saturated carbocycles. The van der Waals surface area contributed by atoms with Gasteiger partial charge in [-0.2, -0.15) is 0 Å². The maximum absolute atomic E-state index is 6.04. The smallest absolute Gasteiger partial charge is 0.0297 e. The van der Waals surface area contributed by atoms with Gasteiger partial charge in [-0.05, 0) is 30.4 Å². The highest BCUT2D eigenvalue weighted by Gasteiger charge is 2.13. The monoisotopic (exact) mass is 173 g/mol. The molecule has 1 aromatic rings. The molecule has 1 nitrogen and oxygen atoms in total. The van der Waals surface area contributed by atoms with Crippen LogP contribution in [0.25, 0.3) is 5.57 Å². The average Bonchev–Trinajstić information content (AvgIpc) is 2.20. The lowest BCUT2D eigenvalue weighted by atomic mass is 9.90. The molecule has 13 heavy (non-hydrogen) atoms. The Hall–Kier alpha value is -1.08. The van der Waals surface area contributed by atoms with Crippen LogP contribution in [0.4, 0.5) is 0 Å². The quantitative estimate of drug-likeness (QED) is 0.694. The number of hydrogen-bond donors (Lipinski definition) is 1. The second kappa shape index (κ2) is 3.75. The van der Waals surface area contributed by atoms with Crippen molar-refractivity contribution in [2.24, 2.45) is 5.73 Å². The van der Waals surface area contributed by atoms with E-state index in [9.17, 15) is 0 Å². The van der Waals surface area contributed by atoms with Crippen molar-refractivity contribution < 1.29 is 0 Å². The molecule has 0 radical (unpaired) electrons. The maximum Gasteiger partial charge on any atom is 0.0297 e. The van der Waals surface area contributed by atoms with E-state index in [1.54, 1.807) is 0 Å². The van der Waals surface area contributed by atoms with Gasteiger partial charge in [0.1, 0.15) is 0 Å². The van der Waals surface area contributed by atoms with Gasteiger partial charge in [0, 0.05) is 6.04 Å². The van der Waals surface area contributed by atoms with E-state index < -0.39 is 0 Å². The zero-order valence-corrected chi connectivity index (χ0v) is 7.74. The van der Waals surface area contributed by atoms with Crippen LogP contribution in [0.2, 0.25) is 0 Å². The molecule has 0 spiro atoms. The Kier molecular flexibility index (Phi) is 2.46. The van der Waals surface area contributed by atoms with Crippen LogP contribution in [0.3, 0.4) is 0 Å². The van der Waals surface area contributed by atoms with Crippen molar-refractivity contribution in [3.63, 3.8) is 0 Å². The predicted octanol–water partition coefficient (Wildman–Crippen LogP) is 2.58. The first-order chi connectivity index (χ1) is 6.38. The molecule has 0 aromatic heterocycles. The fraction of sp³-hybridized carbons (Fsp3) is 0.333. The summed E-state index contributed by atoms with van der Waals surface area (Å²) in [6, 6.07) is 10.7. The van der Waals surface area contributed by atoms with E-state index in [0.29, 0.717) is 0 Å². The van der Waals surface area contributed by atoms with E-state index in [-0.39, 0.29) is 6.04 Å². The molecule has 2 rings (SSSR count). The molecule has 0 bridgehead atoms. The largest absolute Gasteiger partial charge is 0.324 e. The van der Waals surface area contributed by atoms with Crippen LogP contribution in [-0.4, -0.2) is 6.04 Å². The van der Waals surface area contributed by atoms with Crippen molar-refractivity contribution in [2.75, 3.05) is 0 Å². The van der Waals surface area contributed by atoms with Gasteiger partial charge in [0.25, 0.3) is 0 Å².